The Bertz CT molecular complexity index is 744. The number of nitrogen functional groups attached to an aromatic ring is 1. The predicted octanol–water partition coefficient (Wildman–Crippen LogP) is 3.72. The number of fused-ring (bicyclic) bond motifs is 1. The quantitative estimate of drug-likeness (QED) is 0.694. The molecule has 0 saturated heterocycles. The third kappa shape index (κ3) is 2.08. The van der Waals surface area contributed by atoms with E-state index in [0.717, 1.165) is 11.1 Å². The van der Waals surface area contributed by atoms with E-state index in [4.69, 9.17) is 5.73 Å². The lowest BCUT2D eigenvalue weighted by Gasteiger charge is -2.09. The van der Waals surface area contributed by atoms with Crippen LogP contribution in [0.2, 0.25) is 0 Å². The van der Waals surface area contributed by atoms with Gasteiger partial charge in [-0.05, 0) is 48.4 Å². The highest BCUT2D eigenvalue weighted by Crippen LogP contribution is 2.22. The van der Waals surface area contributed by atoms with Crippen LogP contribution in [-0.4, -0.2) is 4.57 Å². The molecule has 1 aromatic heterocycles. The van der Waals surface area contributed by atoms with E-state index in [0.29, 0.717) is 12.2 Å². The van der Waals surface area contributed by atoms with Crippen molar-refractivity contribution in [1.82, 2.24) is 4.57 Å². The highest BCUT2D eigenvalue weighted by Gasteiger charge is 2.06. The van der Waals surface area contributed by atoms with E-state index >= 15 is 0 Å². The Hall–Kier alpha value is -2.29. The molecular formula is C16H15FN2. The molecule has 0 aliphatic rings. The lowest BCUT2D eigenvalue weighted by molar-refractivity contribution is 0.624. The summed E-state index contributed by atoms with van der Waals surface area (Å²) in [6.07, 6.45) is 2.02. The number of benzene rings is 2. The Morgan fingerprint density at radius 2 is 2.00 bits per heavy atom. The molecular weight excluding hydrogens is 239 g/mol. The molecule has 19 heavy (non-hydrogen) atoms. The fraction of sp³-hybridized carbons (Fsp3) is 0.125. The largest absolute Gasteiger partial charge is 0.398 e. The van der Waals surface area contributed by atoms with E-state index in [1.54, 1.807) is 6.07 Å². The Kier molecular flexibility index (Phi) is 2.75. The molecule has 0 unspecified atom stereocenters. The second kappa shape index (κ2) is 4.43. The molecule has 3 rings (SSSR count). The summed E-state index contributed by atoms with van der Waals surface area (Å²) in [5.41, 5.74) is 9.71. The summed E-state index contributed by atoms with van der Waals surface area (Å²) in [6.45, 7) is 2.67. The number of aromatic nitrogens is 1. The molecule has 0 atom stereocenters. The lowest BCUT2D eigenvalue weighted by Crippen LogP contribution is -2.02. The summed E-state index contributed by atoms with van der Waals surface area (Å²) in [4.78, 5) is 0. The lowest BCUT2D eigenvalue weighted by atomic mass is 10.1. The first-order valence-corrected chi connectivity index (χ1v) is 6.23. The van der Waals surface area contributed by atoms with Crippen molar-refractivity contribution >= 4 is 16.6 Å². The van der Waals surface area contributed by atoms with Crippen molar-refractivity contribution in [2.75, 3.05) is 5.73 Å². The Balaban J connectivity index is 2.06. The van der Waals surface area contributed by atoms with E-state index in [1.165, 1.54) is 23.1 Å². The van der Waals surface area contributed by atoms with Crippen LogP contribution in [0.4, 0.5) is 10.1 Å². The molecule has 0 radical (unpaired) electrons. The topological polar surface area (TPSA) is 30.9 Å². The molecule has 2 aromatic carbocycles. The monoisotopic (exact) mass is 254 g/mol. The minimum Gasteiger partial charge on any atom is -0.398 e. The van der Waals surface area contributed by atoms with Gasteiger partial charge < -0.3 is 10.3 Å². The zero-order valence-corrected chi connectivity index (χ0v) is 10.7. The zero-order valence-electron chi connectivity index (χ0n) is 10.7. The number of anilines is 1. The minimum absolute atomic E-state index is 0.253. The zero-order chi connectivity index (χ0) is 13.4. The summed E-state index contributed by atoms with van der Waals surface area (Å²) in [5, 5.41) is 1.22. The number of halogens is 1. The maximum atomic E-state index is 13.3. The third-order valence-electron chi connectivity index (χ3n) is 3.48. The van der Waals surface area contributed by atoms with Crippen molar-refractivity contribution in [2.45, 2.75) is 13.5 Å². The normalized spacial score (nSPS) is 11.1. The highest BCUT2D eigenvalue weighted by molar-refractivity contribution is 5.83. The van der Waals surface area contributed by atoms with Crippen LogP contribution < -0.4 is 5.73 Å². The first-order valence-electron chi connectivity index (χ1n) is 6.23. The van der Waals surface area contributed by atoms with E-state index in [9.17, 15) is 4.39 Å². The summed E-state index contributed by atoms with van der Waals surface area (Å²) < 4.78 is 15.4. The van der Waals surface area contributed by atoms with E-state index in [-0.39, 0.29) is 5.82 Å². The van der Waals surface area contributed by atoms with Gasteiger partial charge in [0.1, 0.15) is 5.82 Å². The molecule has 3 heteroatoms. The van der Waals surface area contributed by atoms with Gasteiger partial charge in [0.05, 0.1) is 0 Å². The van der Waals surface area contributed by atoms with E-state index in [2.05, 4.69) is 29.7 Å². The molecule has 0 bridgehead atoms. The van der Waals surface area contributed by atoms with Crippen LogP contribution in [-0.2, 0) is 6.54 Å². The number of hydrogen-bond acceptors (Lipinski definition) is 1. The molecule has 0 aliphatic heterocycles. The van der Waals surface area contributed by atoms with Crippen molar-refractivity contribution in [3.05, 3.63) is 65.6 Å². The predicted molar refractivity (Wildman–Crippen MR) is 76.6 cm³/mol. The molecule has 1 heterocycles. The van der Waals surface area contributed by atoms with Crippen LogP contribution in [0.3, 0.4) is 0 Å². The standard InChI is InChI=1S/C16H15FN2/c1-11-3-2-4-16-14(11)7-8-19(16)10-12-9-13(17)5-6-15(12)18/h2-9H,10,18H2,1H3. The van der Waals surface area contributed by atoms with Crippen LogP contribution in [0.25, 0.3) is 10.9 Å². The van der Waals surface area contributed by atoms with Gasteiger partial charge in [0.25, 0.3) is 0 Å². The molecule has 0 aliphatic carbocycles. The molecule has 2 nitrogen and oxygen atoms in total. The van der Waals surface area contributed by atoms with E-state index in [1.807, 2.05) is 12.3 Å². The van der Waals surface area contributed by atoms with Gasteiger partial charge in [0.15, 0.2) is 0 Å². The van der Waals surface area contributed by atoms with Gasteiger partial charge >= 0.3 is 0 Å². The van der Waals surface area contributed by atoms with Crippen molar-refractivity contribution in [1.29, 1.82) is 0 Å². The number of nitrogens with two attached hydrogens (primary N) is 1. The van der Waals surface area contributed by atoms with Crippen LogP contribution in [0.1, 0.15) is 11.1 Å². The molecule has 0 amide bonds. The van der Waals surface area contributed by atoms with Gasteiger partial charge in [-0.25, -0.2) is 4.39 Å². The molecule has 0 fully saturated rings. The second-order valence-electron chi connectivity index (χ2n) is 4.79. The third-order valence-corrected chi connectivity index (χ3v) is 3.48. The summed E-state index contributed by atoms with van der Waals surface area (Å²) in [6, 6.07) is 12.8. The van der Waals surface area contributed by atoms with Crippen LogP contribution in [0.5, 0.6) is 0 Å². The van der Waals surface area contributed by atoms with Crippen LogP contribution in [0.15, 0.2) is 48.7 Å². The first-order chi connectivity index (χ1) is 9.15. The number of rotatable bonds is 2. The molecule has 0 spiro atoms. The van der Waals surface area contributed by atoms with Gasteiger partial charge in [0.2, 0.25) is 0 Å². The van der Waals surface area contributed by atoms with Crippen LogP contribution in [0, 0.1) is 12.7 Å². The molecule has 0 saturated carbocycles. The number of nitrogens with zero attached hydrogens (tertiary/aromatic N) is 1. The maximum absolute atomic E-state index is 13.3. The van der Waals surface area contributed by atoms with Crippen molar-refractivity contribution in [2.24, 2.45) is 0 Å². The number of aryl methyl sites for hydroxylation is 1. The van der Waals surface area contributed by atoms with Crippen molar-refractivity contribution in [3.63, 3.8) is 0 Å². The Morgan fingerprint density at radius 1 is 1.16 bits per heavy atom. The summed E-state index contributed by atoms with van der Waals surface area (Å²) >= 11 is 0. The fourth-order valence-electron chi connectivity index (χ4n) is 2.41. The minimum atomic E-state index is -0.253. The first kappa shape index (κ1) is 11.8. The Morgan fingerprint density at radius 3 is 2.84 bits per heavy atom. The van der Waals surface area contributed by atoms with Gasteiger partial charge in [-0.3, -0.25) is 0 Å². The average molecular weight is 254 g/mol. The molecule has 2 N–H and O–H groups in total. The molecule has 96 valence electrons. The second-order valence-corrected chi connectivity index (χ2v) is 4.79. The van der Waals surface area contributed by atoms with Crippen molar-refractivity contribution < 1.29 is 4.39 Å². The van der Waals surface area contributed by atoms with Crippen molar-refractivity contribution in [3.8, 4) is 0 Å². The summed E-state index contributed by atoms with van der Waals surface area (Å²) in [5.74, 6) is -0.253. The molecule has 3 aromatic rings. The maximum Gasteiger partial charge on any atom is 0.123 e. The SMILES string of the molecule is Cc1cccc2c1ccn2Cc1cc(F)ccc1N. The Labute approximate surface area is 111 Å². The van der Waals surface area contributed by atoms with Crippen LogP contribution >= 0.6 is 0 Å². The summed E-state index contributed by atoms with van der Waals surface area (Å²) in [7, 11) is 0. The van der Waals surface area contributed by atoms with Gasteiger partial charge in [-0.15, -0.1) is 0 Å². The smallest absolute Gasteiger partial charge is 0.123 e. The van der Waals surface area contributed by atoms with Gasteiger partial charge in [0, 0.05) is 29.3 Å². The van der Waals surface area contributed by atoms with E-state index < -0.39 is 0 Å². The number of hydrogen-bond donors (Lipinski definition) is 1. The van der Waals surface area contributed by atoms with Gasteiger partial charge in [-0.2, -0.15) is 0 Å². The average Bonchev–Trinajstić information content (AvgIpc) is 2.79. The van der Waals surface area contributed by atoms with Gasteiger partial charge in [-0.1, -0.05) is 12.1 Å². The fourth-order valence-corrected chi connectivity index (χ4v) is 2.41. The highest BCUT2D eigenvalue weighted by atomic mass is 19.1.